The lowest BCUT2D eigenvalue weighted by Gasteiger charge is -2.08. The average molecular weight is 357 g/mol. The monoisotopic (exact) mass is 357 g/mol. The summed E-state index contributed by atoms with van der Waals surface area (Å²) >= 11 is 1.66. The zero-order valence-corrected chi connectivity index (χ0v) is 11.1. The van der Waals surface area contributed by atoms with Crippen molar-refractivity contribution in [3.8, 4) is 0 Å². The fourth-order valence-corrected chi connectivity index (χ4v) is 1.74. The SMILES string of the molecule is CCOC(=O)Cc1[nH]cc(I)c(=O)c1C(F)F. The van der Waals surface area contributed by atoms with Crippen molar-refractivity contribution in [2.75, 3.05) is 6.61 Å². The van der Waals surface area contributed by atoms with Gasteiger partial charge in [-0.25, -0.2) is 8.78 Å². The Balaban J connectivity index is 3.12. The maximum Gasteiger partial charge on any atom is 0.311 e. The van der Waals surface area contributed by atoms with Crippen LogP contribution < -0.4 is 5.43 Å². The summed E-state index contributed by atoms with van der Waals surface area (Å²) < 4.78 is 30.3. The lowest BCUT2D eigenvalue weighted by atomic mass is 10.1. The maximum atomic E-state index is 12.7. The smallest absolute Gasteiger partial charge is 0.311 e. The summed E-state index contributed by atoms with van der Waals surface area (Å²) in [7, 11) is 0. The molecule has 1 aromatic heterocycles. The zero-order valence-electron chi connectivity index (χ0n) is 8.93. The molecular weight excluding hydrogens is 347 g/mol. The van der Waals surface area contributed by atoms with Crippen LogP contribution in [0, 0.1) is 3.57 Å². The number of halogens is 3. The number of ether oxygens (including phenoxy) is 1. The van der Waals surface area contributed by atoms with Crippen molar-refractivity contribution in [3.63, 3.8) is 0 Å². The molecule has 1 rings (SSSR count). The number of rotatable bonds is 4. The van der Waals surface area contributed by atoms with Crippen LogP contribution in [0.4, 0.5) is 8.78 Å². The second-order valence-corrected chi connectivity index (χ2v) is 4.30. The van der Waals surface area contributed by atoms with E-state index in [0.29, 0.717) is 0 Å². The van der Waals surface area contributed by atoms with Gasteiger partial charge in [-0.05, 0) is 29.5 Å². The van der Waals surface area contributed by atoms with Crippen LogP contribution in [0.2, 0.25) is 0 Å². The van der Waals surface area contributed by atoms with Gasteiger partial charge >= 0.3 is 5.97 Å². The van der Waals surface area contributed by atoms with Gasteiger partial charge in [-0.2, -0.15) is 0 Å². The van der Waals surface area contributed by atoms with Crippen molar-refractivity contribution >= 4 is 28.6 Å². The number of aromatic amines is 1. The van der Waals surface area contributed by atoms with Gasteiger partial charge in [0, 0.05) is 11.9 Å². The van der Waals surface area contributed by atoms with E-state index in [4.69, 9.17) is 0 Å². The largest absolute Gasteiger partial charge is 0.466 e. The molecule has 1 heterocycles. The van der Waals surface area contributed by atoms with Crippen LogP contribution in [-0.2, 0) is 16.0 Å². The number of carbonyl (C=O) groups is 1. The molecule has 7 heteroatoms. The molecule has 0 saturated heterocycles. The van der Waals surface area contributed by atoms with Crippen molar-refractivity contribution in [1.82, 2.24) is 4.98 Å². The molecule has 4 nitrogen and oxygen atoms in total. The molecule has 0 atom stereocenters. The first kappa shape index (κ1) is 14.1. The number of esters is 1. The van der Waals surface area contributed by atoms with Gasteiger partial charge in [-0.1, -0.05) is 0 Å². The molecule has 0 amide bonds. The molecule has 0 aliphatic carbocycles. The highest BCUT2D eigenvalue weighted by Gasteiger charge is 2.21. The number of pyridine rings is 1. The van der Waals surface area contributed by atoms with Gasteiger partial charge in [0.05, 0.1) is 22.2 Å². The topological polar surface area (TPSA) is 59.2 Å². The summed E-state index contributed by atoms with van der Waals surface area (Å²) in [5, 5.41) is 0. The molecule has 0 fully saturated rings. The standard InChI is InChI=1S/C10H10F2INO3/c1-2-17-7(15)3-6-8(10(11)12)9(16)5(13)4-14-6/h4,10H,2-3H2,1H3,(H,14,16). The predicted molar refractivity (Wildman–Crippen MR) is 65.1 cm³/mol. The van der Waals surface area contributed by atoms with Crippen LogP contribution in [-0.4, -0.2) is 17.6 Å². The molecule has 0 spiro atoms. The van der Waals surface area contributed by atoms with E-state index in [-0.39, 0.29) is 22.3 Å². The Labute approximate surface area is 110 Å². The minimum absolute atomic E-state index is 0.0936. The number of carbonyl (C=O) groups excluding carboxylic acids is 1. The minimum atomic E-state index is -2.92. The maximum absolute atomic E-state index is 12.7. The molecule has 1 aromatic rings. The lowest BCUT2D eigenvalue weighted by molar-refractivity contribution is -0.142. The second-order valence-electron chi connectivity index (χ2n) is 3.14. The molecular formula is C10H10F2INO3. The van der Waals surface area contributed by atoms with E-state index in [1.807, 2.05) is 0 Å². The van der Waals surface area contributed by atoms with Gasteiger partial charge in [0.15, 0.2) is 0 Å². The summed E-state index contributed by atoms with van der Waals surface area (Å²) in [6.45, 7) is 1.78. The third-order valence-electron chi connectivity index (χ3n) is 2.00. The number of hydrogen-bond acceptors (Lipinski definition) is 3. The Bertz CT molecular complexity index is 473. The number of hydrogen-bond donors (Lipinski definition) is 1. The van der Waals surface area contributed by atoms with E-state index in [1.54, 1.807) is 29.5 Å². The molecule has 94 valence electrons. The van der Waals surface area contributed by atoms with Crippen LogP contribution in [0.1, 0.15) is 24.6 Å². The van der Waals surface area contributed by atoms with Crippen LogP contribution in [0.25, 0.3) is 0 Å². The Morgan fingerprint density at radius 1 is 1.59 bits per heavy atom. The van der Waals surface area contributed by atoms with Gasteiger partial charge in [-0.3, -0.25) is 9.59 Å². The first-order valence-corrected chi connectivity index (χ1v) is 5.89. The third kappa shape index (κ3) is 3.48. The summed E-state index contributed by atoms with van der Waals surface area (Å²) in [5.41, 5.74) is -1.51. The van der Waals surface area contributed by atoms with E-state index in [1.165, 1.54) is 6.20 Å². The molecule has 0 aliphatic heterocycles. The Morgan fingerprint density at radius 2 is 2.24 bits per heavy atom. The Kier molecular flexibility index (Phi) is 5.03. The minimum Gasteiger partial charge on any atom is -0.466 e. The summed E-state index contributed by atoms with van der Waals surface area (Å²) in [4.78, 5) is 25.2. The normalized spacial score (nSPS) is 10.6. The van der Waals surface area contributed by atoms with E-state index in [2.05, 4.69) is 9.72 Å². The number of aromatic nitrogens is 1. The average Bonchev–Trinajstić information content (AvgIpc) is 2.23. The molecule has 0 aromatic carbocycles. The molecule has 1 N–H and O–H groups in total. The second kappa shape index (κ2) is 6.08. The first-order valence-electron chi connectivity index (χ1n) is 4.81. The quantitative estimate of drug-likeness (QED) is 0.663. The van der Waals surface area contributed by atoms with Crippen LogP contribution in [0.15, 0.2) is 11.0 Å². The van der Waals surface area contributed by atoms with Crippen LogP contribution in [0.5, 0.6) is 0 Å². The summed E-state index contributed by atoms with van der Waals surface area (Å²) in [6.07, 6.45) is -1.99. The van der Waals surface area contributed by atoms with E-state index in [0.717, 1.165) is 0 Å². The Morgan fingerprint density at radius 3 is 2.76 bits per heavy atom. The van der Waals surface area contributed by atoms with Crippen molar-refractivity contribution in [1.29, 1.82) is 0 Å². The molecule has 0 aliphatic rings. The van der Waals surface area contributed by atoms with Gasteiger partial charge < -0.3 is 9.72 Å². The van der Waals surface area contributed by atoms with Crippen molar-refractivity contribution in [2.45, 2.75) is 19.8 Å². The summed E-state index contributed by atoms with van der Waals surface area (Å²) in [5.74, 6) is -0.647. The number of H-pyrrole nitrogens is 1. The molecule has 0 bridgehead atoms. The van der Waals surface area contributed by atoms with E-state index < -0.39 is 23.4 Å². The molecule has 0 saturated carbocycles. The molecule has 0 unspecified atom stereocenters. The van der Waals surface area contributed by atoms with Crippen molar-refractivity contribution in [3.05, 3.63) is 31.2 Å². The van der Waals surface area contributed by atoms with Gasteiger partial charge in [0.25, 0.3) is 6.43 Å². The highest BCUT2D eigenvalue weighted by molar-refractivity contribution is 14.1. The molecule has 0 radical (unpaired) electrons. The van der Waals surface area contributed by atoms with Crippen molar-refractivity contribution in [2.24, 2.45) is 0 Å². The van der Waals surface area contributed by atoms with Crippen LogP contribution in [0.3, 0.4) is 0 Å². The Hall–Kier alpha value is -0.990. The highest BCUT2D eigenvalue weighted by atomic mass is 127. The van der Waals surface area contributed by atoms with Crippen LogP contribution >= 0.6 is 22.6 Å². The van der Waals surface area contributed by atoms with E-state index >= 15 is 0 Å². The zero-order chi connectivity index (χ0) is 13.0. The van der Waals surface area contributed by atoms with Crippen molar-refractivity contribution < 1.29 is 18.3 Å². The van der Waals surface area contributed by atoms with Gasteiger partial charge in [-0.15, -0.1) is 0 Å². The lowest BCUT2D eigenvalue weighted by Crippen LogP contribution is -2.20. The van der Waals surface area contributed by atoms with Gasteiger partial charge in [0.2, 0.25) is 5.43 Å². The predicted octanol–water partition coefficient (Wildman–Crippen LogP) is 2.02. The first-order chi connectivity index (χ1) is 7.97. The fourth-order valence-electron chi connectivity index (χ4n) is 1.29. The van der Waals surface area contributed by atoms with E-state index in [9.17, 15) is 18.4 Å². The highest BCUT2D eigenvalue weighted by Crippen LogP contribution is 2.19. The fraction of sp³-hybridized carbons (Fsp3) is 0.400. The molecule has 17 heavy (non-hydrogen) atoms. The third-order valence-corrected chi connectivity index (χ3v) is 2.81. The number of alkyl halides is 2. The number of nitrogens with one attached hydrogen (secondary N) is 1. The van der Waals surface area contributed by atoms with Gasteiger partial charge in [0.1, 0.15) is 0 Å². The summed E-state index contributed by atoms with van der Waals surface area (Å²) in [6, 6.07) is 0.